The number of hydrogen-bond acceptors (Lipinski definition) is 4. The quantitative estimate of drug-likeness (QED) is 0.843. The first-order valence-corrected chi connectivity index (χ1v) is 6.28. The molecule has 2 aromatic rings. The summed E-state index contributed by atoms with van der Waals surface area (Å²) in [7, 11) is 0. The van der Waals surface area contributed by atoms with Crippen LogP contribution < -0.4 is 10.6 Å². The van der Waals surface area contributed by atoms with Crippen LogP contribution in [0, 0.1) is 0 Å². The van der Waals surface area contributed by atoms with Gasteiger partial charge in [0.05, 0.1) is 6.20 Å². The van der Waals surface area contributed by atoms with E-state index in [4.69, 9.17) is 0 Å². The second kappa shape index (κ2) is 5.19. The summed E-state index contributed by atoms with van der Waals surface area (Å²) in [6, 6.07) is 6.01. The summed E-state index contributed by atoms with van der Waals surface area (Å²) in [6.07, 6.45) is 4.17. The lowest BCUT2D eigenvalue weighted by Gasteiger charge is -2.20. The Morgan fingerprint density at radius 2 is 2.42 bits per heavy atom. The fourth-order valence-electron chi connectivity index (χ4n) is 2.30. The molecule has 2 heterocycles. The van der Waals surface area contributed by atoms with Gasteiger partial charge in [0.25, 0.3) is 0 Å². The van der Waals surface area contributed by atoms with Gasteiger partial charge in [0, 0.05) is 18.4 Å². The molecule has 0 aliphatic carbocycles. The first-order chi connectivity index (χ1) is 9.33. The minimum Gasteiger partial charge on any atom is -0.324 e. The molecule has 1 aliphatic rings. The van der Waals surface area contributed by atoms with Crippen molar-refractivity contribution in [1.29, 1.82) is 0 Å². The molecule has 1 amide bonds. The van der Waals surface area contributed by atoms with Gasteiger partial charge in [-0.05, 0) is 30.2 Å². The highest BCUT2D eigenvalue weighted by atomic mass is 16.2. The summed E-state index contributed by atoms with van der Waals surface area (Å²) in [6.45, 7) is 1.99. The molecular weight excluding hydrogens is 242 g/mol. The molecule has 98 valence electrons. The van der Waals surface area contributed by atoms with Crippen molar-refractivity contribution >= 4 is 11.6 Å². The van der Waals surface area contributed by atoms with Crippen LogP contribution in [0.3, 0.4) is 0 Å². The van der Waals surface area contributed by atoms with E-state index in [2.05, 4.69) is 27.0 Å². The van der Waals surface area contributed by atoms with Gasteiger partial charge in [0.1, 0.15) is 6.54 Å². The average Bonchev–Trinajstić information content (AvgIpc) is 2.92. The monoisotopic (exact) mass is 257 g/mol. The van der Waals surface area contributed by atoms with E-state index in [1.165, 1.54) is 15.8 Å². The predicted octanol–water partition coefficient (Wildman–Crippen LogP) is 0.562. The van der Waals surface area contributed by atoms with Crippen molar-refractivity contribution in [1.82, 2.24) is 20.3 Å². The third kappa shape index (κ3) is 2.63. The third-order valence-corrected chi connectivity index (χ3v) is 3.19. The molecule has 1 aromatic carbocycles. The van der Waals surface area contributed by atoms with Crippen molar-refractivity contribution < 1.29 is 4.79 Å². The second-order valence-electron chi connectivity index (χ2n) is 4.52. The van der Waals surface area contributed by atoms with E-state index >= 15 is 0 Å². The number of nitrogens with zero attached hydrogens (tertiary/aromatic N) is 3. The molecule has 1 aliphatic heterocycles. The lowest BCUT2D eigenvalue weighted by Crippen LogP contribution is -2.26. The van der Waals surface area contributed by atoms with Gasteiger partial charge in [-0.25, -0.2) is 4.68 Å². The van der Waals surface area contributed by atoms with Crippen LogP contribution in [-0.4, -0.2) is 27.4 Å². The number of anilines is 1. The minimum absolute atomic E-state index is 0.0857. The van der Waals surface area contributed by atoms with Crippen molar-refractivity contribution in [2.75, 3.05) is 11.9 Å². The normalized spacial score (nSPS) is 13.9. The fourth-order valence-corrected chi connectivity index (χ4v) is 2.30. The van der Waals surface area contributed by atoms with E-state index in [0.717, 1.165) is 25.2 Å². The van der Waals surface area contributed by atoms with Gasteiger partial charge >= 0.3 is 0 Å². The average molecular weight is 257 g/mol. The fraction of sp³-hybridized carbons (Fsp3) is 0.308. The van der Waals surface area contributed by atoms with Crippen LogP contribution in [0.25, 0.3) is 0 Å². The Morgan fingerprint density at radius 1 is 1.47 bits per heavy atom. The molecule has 3 rings (SSSR count). The maximum atomic E-state index is 12.0. The Hall–Kier alpha value is -2.21. The lowest BCUT2D eigenvalue weighted by atomic mass is 9.99. The first-order valence-electron chi connectivity index (χ1n) is 6.28. The minimum atomic E-state index is -0.0857. The van der Waals surface area contributed by atoms with Crippen LogP contribution in [0.4, 0.5) is 5.69 Å². The number of nitrogens with one attached hydrogen (secondary N) is 2. The van der Waals surface area contributed by atoms with E-state index in [0.29, 0.717) is 0 Å². The van der Waals surface area contributed by atoms with Crippen LogP contribution in [0.2, 0.25) is 0 Å². The molecule has 0 radical (unpaired) electrons. The smallest absolute Gasteiger partial charge is 0.246 e. The molecule has 6 heteroatoms. The van der Waals surface area contributed by atoms with Crippen molar-refractivity contribution in [3.05, 3.63) is 41.7 Å². The standard InChI is InChI=1S/C13H15N5O/c19-13(9-18-7-6-15-17-18)16-12-3-1-2-10-8-14-5-4-11(10)12/h1-3,6-7,14H,4-5,8-9H2,(H,16,19). The molecule has 2 N–H and O–H groups in total. The van der Waals surface area contributed by atoms with Gasteiger partial charge in [-0.15, -0.1) is 5.10 Å². The van der Waals surface area contributed by atoms with E-state index < -0.39 is 0 Å². The Labute approximate surface area is 110 Å². The van der Waals surface area contributed by atoms with Crippen molar-refractivity contribution in [2.45, 2.75) is 19.5 Å². The molecule has 0 saturated carbocycles. The molecule has 1 aromatic heterocycles. The van der Waals surface area contributed by atoms with E-state index in [9.17, 15) is 4.79 Å². The van der Waals surface area contributed by atoms with Crippen molar-refractivity contribution in [3.8, 4) is 0 Å². The second-order valence-corrected chi connectivity index (χ2v) is 4.52. The van der Waals surface area contributed by atoms with E-state index in [1.54, 1.807) is 12.4 Å². The highest BCUT2D eigenvalue weighted by molar-refractivity contribution is 5.91. The van der Waals surface area contributed by atoms with Crippen LogP contribution >= 0.6 is 0 Å². The Balaban J connectivity index is 1.74. The molecule has 19 heavy (non-hydrogen) atoms. The summed E-state index contributed by atoms with van der Waals surface area (Å²) in [5, 5.41) is 13.7. The highest BCUT2D eigenvalue weighted by Crippen LogP contribution is 2.22. The van der Waals surface area contributed by atoms with Crippen LogP contribution in [0.15, 0.2) is 30.6 Å². The molecule has 0 atom stereocenters. The zero-order valence-electron chi connectivity index (χ0n) is 10.5. The molecule has 6 nitrogen and oxygen atoms in total. The first kappa shape index (κ1) is 11.9. The Kier molecular flexibility index (Phi) is 3.24. The number of carbonyl (C=O) groups excluding carboxylic acids is 1. The molecule has 0 unspecified atom stereocenters. The van der Waals surface area contributed by atoms with Crippen molar-refractivity contribution in [2.24, 2.45) is 0 Å². The summed E-state index contributed by atoms with van der Waals surface area (Å²) in [5.74, 6) is -0.0857. The predicted molar refractivity (Wildman–Crippen MR) is 70.5 cm³/mol. The van der Waals surface area contributed by atoms with Gasteiger partial charge in [0.2, 0.25) is 5.91 Å². The Bertz CT molecular complexity index is 579. The molecule has 0 saturated heterocycles. The van der Waals surface area contributed by atoms with Crippen LogP contribution in [0.5, 0.6) is 0 Å². The largest absolute Gasteiger partial charge is 0.324 e. The van der Waals surface area contributed by atoms with Crippen molar-refractivity contribution in [3.63, 3.8) is 0 Å². The number of carbonyl (C=O) groups is 1. The molecule has 0 fully saturated rings. The van der Waals surface area contributed by atoms with E-state index in [-0.39, 0.29) is 12.5 Å². The highest BCUT2D eigenvalue weighted by Gasteiger charge is 2.14. The summed E-state index contributed by atoms with van der Waals surface area (Å²) in [4.78, 5) is 12.0. The van der Waals surface area contributed by atoms with Gasteiger partial charge in [-0.1, -0.05) is 17.3 Å². The van der Waals surface area contributed by atoms with Gasteiger partial charge in [-0.3, -0.25) is 4.79 Å². The molecule has 0 spiro atoms. The number of rotatable bonds is 3. The molecular formula is C13H15N5O. The third-order valence-electron chi connectivity index (χ3n) is 3.19. The zero-order chi connectivity index (χ0) is 13.1. The van der Waals surface area contributed by atoms with Gasteiger partial charge in [0.15, 0.2) is 0 Å². The summed E-state index contributed by atoms with van der Waals surface area (Å²) < 4.78 is 1.51. The summed E-state index contributed by atoms with van der Waals surface area (Å²) >= 11 is 0. The molecule has 0 bridgehead atoms. The SMILES string of the molecule is O=C(Cn1ccnn1)Nc1cccc2c1CCNC2. The maximum Gasteiger partial charge on any atom is 0.246 e. The van der Waals surface area contributed by atoms with E-state index in [1.807, 2.05) is 12.1 Å². The van der Waals surface area contributed by atoms with Crippen LogP contribution in [-0.2, 0) is 24.3 Å². The number of fused-ring (bicyclic) bond motifs is 1. The van der Waals surface area contributed by atoms with Gasteiger partial charge in [-0.2, -0.15) is 0 Å². The number of benzene rings is 1. The maximum absolute atomic E-state index is 12.0. The van der Waals surface area contributed by atoms with Gasteiger partial charge < -0.3 is 10.6 Å². The topological polar surface area (TPSA) is 71.8 Å². The number of hydrogen-bond donors (Lipinski definition) is 2. The lowest BCUT2D eigenvalue weighted by molar-refractivity contribution is -0.116. The summed E-state index contributed by atoms with van der Waals surface area (Å²) in [5.41, 5.74) is 3.39. The number of amides is 1. The van der Waals surface area contributed by atoms with Crippen LogP contribution in [0.1, 0.15) is 11.1 Å². The Morgan fingerprint density at radius 3 is 3.26 bits per heavy atom. The number of aromatic nitrogens is 3. The zero-order valence-corrected chi connectivity index (χ0v) is 10.5.